The second-order valence-corrected chi connectivity index (χ2v) is 13.5. The fourth-order valence-electron chi connectivity index (χ4n) is 3.38. The van der Waals surface area contributed by atoms with E-state index in [0.717, 1.165) is 38.5 Å². The van der Waals surface area contributed by atoms with Crippen LogP contribution in [0.2, 0.25) is 0 Å². The molecule has 0 saturated carbocycles. The molecule has 0 aromatic rings. The molecule has 0 saturated heterocycles. The Bertz CT molecular complexity index is 989. The van der Waals surface area contributed by atoms with Gasteiger partial charge >= 0.3 is 0 Å². The summed E-state index contributed by atoms with van der Waals surface area (Å²) in [7, 11) is 2.57. The fourth-order valence-corrected chi connectivity index (χ4v) is 6.18. The van der Waals surface area contributed by atoms with Crippen molar-refractivity contribution >= 4 is 39.3 Å². The van der Waals surface area contributed by atoms with E-state index in [4.69, 9.17) is 21.7 Å². The van der Waals surface area contributed by atoms with Crippen molar-refractivity contribution in [1.29, 1.82) is 0 Å². The highest BCUT2D eigenvalue weighted by Crippen LogP contribution is 2.38. The van der Waals surface area contributed by atoms with E-state index in [1.165, 1.54) is 21.6 Å². The Labute approximate surface area is 272 Å². The molecule has 0 aliphatic rings. The maximum absolute atomic E-state index is 12.3. The third-order valence-corrected chi connectivity index (χ3v) is 9.46. The van der Waals surface area contributed by atoms with Gasteiger partial charge in [0.25, 0.3) is 0 Å². The van der Waals surface area contributed by atoms with Gasteiger partial charge in [0.1, 0.15) is 6.04 Å². The first-order chi connectivity index (χ1) is 21.1. The van der Waals surface area contributed by atoms with E-state index < -0.39 is 47.9 Å². The Balaban J connectivity index is 4.24. The van der Waals surface area contributed by atoms with Gasteiger partial charge in [-0.05, 0) is 58.8 Å². The Morgan fingerprint density at radius 3 is 1.66 bits per heavy atom. The number of nitrogens with two attached hydrogens (primary N) is 2. The Morgan fingerprint density at radius 1 is 0.773 bits per heavy atom. The normalized spacial score (nSPS) is 14.2. The van der Waals surface area contributed by atoms with Crippen LogP contribution < -0.4 is 22.1 Å². The van der Waals surface area contributed by atoms with Crippen molar-refractivity contribution in [1.82, 2.24) is 10.6 Å². The third-order valence-electron chi connectivity index (χ3n) is 6.14. The van der Waals surface area contributed by atoms with Crippen LogP contribution in [-0.2, 0) is 14.4 Å². The minimum Gasteiger partial charge on any atom is -0.394 e. The van der Waals surface area contributed by atoms with Crippen molar-refractivity contribution in [3.8, 4) is 0 Å². The average molecular weight is 651 g/mol. The van der Waals surface area contributed by atoms with Crippen LogP contribution in [0, 0.1) is 0 Å². The standard InChI is InChI=1S/C33H54N4O5S2/c1-4-5-6-7-8-9-10-11-12-13-14-15-16-17-18-19-20-21-22-23-29(40)37-28(31(35)41)26-43-44-33(2,3)30(34)32(42)36-27(24-38)25-39/h5-6,8-9,11-12,14-15,17-18,20-21,27-28,30,38-39H,4,7,10,13,16,19,22-26,34H2,1-3H3,(H2,35,41)(H,36,42)(H,37,40)/b6-5-,9-8-,12-11-,15-14-,18-17-,21-20-/t28-,30+/m0/s1. The summed E-state index contributed by atoms with van der Waals surface area (Å²) in [5.74, 6) is -1.22. The highest BCUT2D eigenvalue weighted by atomic mass is 33.1. The van der Waals surface area contributed by atoms with E-state index in [9.17, 15) is 14.4 Å². The quantitative estimate of drug-likeness (QED) is 0.0625. The van der Waals surface area contributed by atoms with Crippen LogP contribution in [-0.4, -0.2) is 69.8 Å². The number of carbonyl (C=O) groups excluding carboxylic acids is 3. The Kier molecular flexibility index (Phi) is 25.2. The monoisotopic (exact) mass is 650 g/mol. The lowest BCUT2D eigenvalue weighted by Gasteiger charge is -2.30. The molecule has 0 rings (SSSR count). The molecule has 0 aliphatic carbocycles. The summed E-state index contributed by atoms with van der Waals surface area (Å²) in [6.07, 6.45) is 31.9. The average Bonchev–Trinajstić information content (AvgIpc) is 2.99. The van der Waals surface area contributed by atoms with Gasteiger partial charge in [-0.15, -0.1) is 0 Å². The van der Waals surface area contributed by atoms with Crippen LogP contribution in [0.15, 0.2) is 72.9 Å². The molecule has 9 nitrogen and oxygen atoms in total. The zero-order chi connectivity index (χ0) is 33.1. The maximum Gasteiger partial charge on any atom is 0.240 e. The SMILES string of the molecule is CC/C=C\C/C=C\C/C=C\C/C=C\C/C=C\C/C=C\CCC(=O)N[C@@H](CSSC(C)(C)[C@H](N)C(=O)NC(CO)CO)C(N)=O. The van der Waals surface area contributed by atoms with Crippen molar-refractivity contribution in [2.45, 2.75) is 95.0 Å². The van der Waals surface area contributed by atoms with E-state index in [2.05, 4.69) is 78.3 Å². The van der Waals surface area contributed by atoms with Crippen LogP contribution >= 0.6 is 21.6 Å². The molecule has 3 amide bonds. The van der Waals surface area contributed by atoms with Crippen LogP contribution in [0.1, 0.15) is 72.1 Å². The minimum atomic E-state index is -0.941. The molecule has 0 radical (unpaired) electrons. The summed E-state index contributed by atoms with van der Waals surface area (Å²) in [6.45, 7) is 4.86. The lowest BCUT2D eigenvalue weighted by atomic mass is 10.0. The van der Waals surface area contributed by atoms with Gasteiger partial charge in [-0.2, -0.15) is 0 Å². The van der Waals surface area contributed by atoms with Gasteiger partial charge in [-0.3, -0.25) is 14.4 Å². The van der Waals surface area contributed by atoms with E-state index in [1.807, 2.05) is 12.2 Å². The number of amides is 3. The van der Waals surface area contributed by atoms with E-state index >= 15 is 0 Å². The zero-order valence-corrected chi connectivity index (χ0v) is 28.2. The van der Waals surface area contributed by atoms with Gasteiger partial charge < -0.3 is 32.3 Å². The van der Waals surface area contributed by atoms with Gasteiger partial charge in [-0.25, -0.2) is 0 Å². The summed E-state index contributed by atoms with van der Waals surface area (Å²) >= 11 is 0. The first kappa shape index (κ1) is 41.4. The molecule has 0 heterocycles. The summed E-state index contributed by atoms with van der Waals surface area (Å²) in [6, 6.07) is -2.59. The van der Waals surface area contributed by atoms with E-state index in [0.29, 0.717) is 6.42 Å². The predicted molar refractivity (Wildman–Crippen MR) is 187 cm³/mol. The fraction of sp³-hybridized carbons (Fsp3) is 0.545. The Morgan fingerprint density at radius 2 is 1.23 bits per heavy atom. The predicted octanol–water partition coefficient (Wildman–Crippen LogP) is 4.39. The molecular weight excluding hydrogens is 597 g/mol. The maximum atomic E-state index is 12.3. The molecule has 0 aromatic heterocycles. The summed E-state index contributed by atoms with van der Waals surface area (Å²) in [4.78, 5) is 36.6. The molecule has 248 valence electrons. The van der Waals surface area contributed by atoms with Gasteiger partial charge in [-0.1, -0.05) is 101 Å². The number of hydrogen-bond donors (Lipinski definition) is 6. The largest absolute Gasteiger partial charge is 0.394 e. The van der Waals surface area contributed by atoms with Crippen molar-refractivity contribution in [2.24, 2.45) is 11.5 Å². The number of rotatable bonds is 25. The summed E-state index contributed by atoms with van der Waals surface area (Å²) < 4.78 is -0.744. The first-order valence-electron chi connectivity index (χ1n) is 15.2. The van der Waals surface area contributed by atoms with Crippen molar-refractivity contribution in [2.75, 3.05) is 19.0 Å². The van der Waals surface area contributed by atoms with Gasteiger partial charge in [0.15, 0.2) is 0 Å². The lowest BCUT2D eigenvalue weighted by Crippen LogP contribution is -2.55. The molecule has 0 spiro atoms. The van der Waals surface area contributed by atoms with Gasteiger partial charge in [0.05, 0.1) is 25.3 Å². The molecule has 0 unspecified atom stereocenters. The minimum absolute atomic E-state index is 0.208. The number of allylic oxidation sites excluding steroid dienone is 12. The zero-order valence-electron chi connectivity index (χ0n) is 26.5. The van der Waals surface area contributed by atoms with E-state index in [1.54, 1.807) is 13.8 Å². The topological polar surface area (TPSA) is 168 Å². The summed E-state index contributed by atoms with van der Waals surface area (Å²) in [5, 5.41) is 23.5. The molecule has 2 atom stereocenters. The molecule has 44 heavy (non-hydrogen) atoms. The number of aliphatic hydroxyl groups is 2. The van der Waals surface area contributed by atoms with Crippen molar-refractivity contribution < 1.29 is 24.6 Å². The number of aliphatic hydroxyl groups excluding tert-OH is 2. The first-order valence-corrected chi connectivity index (χ1v) is 17.5. The summed E-state index contributed by atoms with van der Waals surface area (Å²) in [5.41, 5.74) is 11.6. The number of hydrogen-bond acceptors (Lipinski definition) is 8. The molecule has 0 bridgehead atoms. The third kappa shape index (κ3) is 22.0. The van der Waals surface area contributed by atoms with Crippen LogP contribution in [0.25, 0.3) is 0 Å². The smallest absolute Gasteiger partial charge is 0.240 e. The molecule has 0 aliphatic heterocycles. The highest BCUT2D eigenvalue weighted by molar-refractivity contribution is 8.77. The molecule has 11 heteroatoms. The second kappa shape index (κ2) is 26.8. The molecule has 0 fully saturated rings. The second-order valence-electron chi connectivity index (χ2n) is 10.5. The van der Waals surface area contributed by atoms with Crippen LogP contribution in [0.4, 0.5) is 0 Å². The van der Waals surface area contributed by atoms with Crippen LogP contribution in [0.5, 0.6) is 0 Å². The van der Waals surface area contributed by atoms with Crippen molar-refractivity contribution in [3.05, 3.63) is 72.9 Å². The number of carbonyl (C=O) groups is 3. The Hall–Kier alpha value is -2.57. The highest BCUT2D eigenvalue weighted by Gasteiger charge is 2.34. The number of primary amides is 1. The van der Waals surface area contributed by atoms with Gasteiger partial charge in [0, 0.05) is 16.9 Å². The molecule has 0 aromatic carbocycles. The van der Waals surface area contributed by atoms with Crippen LogP contribution in [0.3, 0.4) is 0 Å². The van der Waals surface area contributed by atoms with Crippen molar-refractivity contribution in [3.63, 3.8) is 0 Å². The lowest BCUT2D eigenvalue weighted by molar-refractivity contribution is -0.126. The van der Waals surface area contributed by atoms with E-state index in [-0.39, 0.29) is 18.1 Å². The molecule has 8 N–H and O–H groups in total. The van der Waals surface area contributed by atoms with Gasteiger partial charge in [0.2, 0.25) is 17.7 Å². The molecular formula is C33H54N4O5S2. The number of nitrogens with one attached hydrogen (secondary N) is 2.